The van der Waals surface area contributed by atoms with E-state index in [4.69, 9.17) is 9.72 Å². The van der Waals surface area contributed by atoms with Crippen LogP contribution in [0, 0.1) is 0 Å². The number of methoxy groups -OCH3 is 1. The van der Waals surface area contributed by atoms with Crippen LogP contribution in [0.2, 0.25) is 0 Å². The Kier molecular flexibility index (Phi) is 6.32. The van der Waals surface area contributed by atoms with Gasteiger partial charge in [-0.05, 0) is 56.2 Å². The molecule has 0 fully saturated rings. The largest absolute Gasteiger partial charge is 0.478 e. The van der Waals surface area contributed by atoms with Gasteiger partial charge in [-0.2, -0.15) is 0 Å². The first-order valence-electron chi connectivity index (χ1n) is 12.3. The molecule has 1 aliphatic carbocycles. The van der Waals surface area contributed by atoms with E-state index in [0.29, 0.717) is 25.1 Å². The van der Waals surface area contributed by atoms with Crippen LogP contribution in [-0.2, 0) is 28.9 Å². The first kappa shape index (κ1) is 23.1. The molecule has 0 saturated heterocycles. The van der Waals surface area contributed by atoms with Gasteiger partial charge in [-0.3, -0.25) is 0 Å². The molecule has 7 nitrogen and oxygen atoms in total. The number of aromatic nitrogens is 2. The number of hydrogen-bond donors (Lipinski definition) is 1. The lowest BCUT2D eigenvalue weighted by Gasteiger charge is -2.28. The van der Waals surface area contributed by atoms with Crippen molar-refractivity contribution in [1.82, 2.24) is 14.5 Å². The van der Waals surface area contributed by atoms with Crippen molar-refractivity contribution in [3.63, 3.8) is 0 Å². The monoisotopic (exact) mass is 473 g/mol. The number of nitrogens with zero attached hydrogens (tertiary/aromatic N) is 3. The highest BCUT2D eigenvalue weighted by Crippen LogP contribution is 2.37. The van der Waals surface area contributed by atoms with Crippen molar-refractivity contribution in [3.8, 4) is 0 Å². The average molecular weight is 474 g/mol. The summed E-state index contributed by atoms with van der Waals surface area (Å²) in [5, 5.41) is 9.63. The number of carbonyl (C=O) groups is 2. The molecule has 1 aromatic heterocycles. The van der Waals surface area contributed by atoms with E-state index < -0.39 is 5.97 Å². The van der Waals surface area contributed by atoms with E-state index in [1.165, 1.54) is 18.2 Å². The Bertz CT molecular complexity index is 1290. The molecule has 5 rings (SSSR count). The molecule has 3 aromatic rings. The van der Waals surface area contributed by atoms with Crippen LogP contribution >= 0.6 is 0 Å². The van der Waals surface area contributed by atoms with Gasteiger partial charge in [0, 0.05) is 29.6 Å². The Morgan fingerprint density at radius 3 is 2.71 bits per heavy atom. The molecule has 0 spiro atoms. The molecule has 0 radical (unpaired) electrons. The van der Waals surface area contributed by atoms with Crippen molar-refractivity contribution in [2.45, 2.75) is 57.5 Å². The van der Waals surface area contributed by atoms with Gasteiger partial charge in [0.15, 0.2) is 0 Å². The van der Waals surface area contributed by atoms with E-state index in [-0.39, 0.29) is 18.1 Å². The standard InChI is InChI=1S/C28H31N3O4/c1-18(15-19-7-4-3-5-8-19)31-24-12-11-20-13-14-30(28(34)35-2)17-23(20)25(24)29-26(31)21-9-6-10-22(16-21)27(32)33/h3-5,7-8,11-12,16,18,21H,6,9-10,13-15,17H2,1-2H3,(H,32,33)/t18-,21+/m1/s1. The third-order valence-corrected chi connectivity index (χ3v) is 7.31. The smallest absolute Gasteiger partial charge is 0.409 e. The van der Waals surface area contributed by atoms with Crippen LogP contribution in [-0.4, -0.2) is 45.3 Å². The van der Waals surface area contributed by atoms with Gasteiger partial charge in [0.2, 0.25) is 0 Å². The molecular weight excluding hydrogens is 442 g/mol. The molecule has 1 N–H and O–H groups in total. The zero-order valence-corrected chi connectivity index (χ0v) is 20.2. The number of carboxylic acid groups (broad SMARTS) is 1. The summed E-state index contributed by atoms with van der Waals surface area (Å²) in [7, 11) is 1.41. The van der Waals surface area contributed by atoms with Gasteiger partial charge in [0.25, 0.3) is 0 Å². The second kappa shape index (κ2) is 9.56. The van der Waals surface area contributed by atoms with Gasteiger partial charge in [-0.15, -0.1) is 0 Å². The van der Waals surface area contributed by atoms with Crippen molar-refractivity contribution in [3.05, 3.63) is 76.6 Å². The van der Waals surface area contributed by atoms with E-state index in [0.717, 1.165) is 48.1 Å². The summed E-state index contributed by atoms with van der Waals surface area (Å²) in [6.07, 6.45) is 5.45. The van der Waals surface area contributed by atoms with E-state index >= 15 is 0 Å². The van der Waals surface area contributed by atoms with Gasteiger partial charge in [0.1, 0.15) is 5.82 Å². The zero-order valence-electron chi connectivity index (χ0n) is 20.2. The third-order valence-electron chi connectivity index (χ3n) is 7.31. The first-order valence-corrected chi connectivity index (χ1v) is 12.3. The number of carbonyl (C=O) groups excluding carboxylic acids is 1. The predicted octanol–water partition coefficient (Wildman–Crippen LogP) is 5.24. The molecule has 2 atom stereocenters. The third kappa shape index (κ3) is 4.43. The number of fused-ring (bicyclic) bond motifs is 3. The highest BCUT2D eigenvalue weighted by atomic mass is 16.5. The number of imidazole rings is 1. The number of carboxylic acids is 1. The van der Waals surface area contributed by atoms with Gasteiger partial charge < -0.3 is 19.3 Å². The maximum absolute atomic E-state index is 12.3. The zero-order chi connectivity index (χ0) is 24.5. The van der Waals surface area contributed by atoms with Crippen LogP contribution < -0.4 is 0 Å². The molecule has 0 bridgehead atoms. The summed E-state index contributed by atoms with van der Waals surface area (Å²) in [6, 6.07) is 14.8. The molecule has 1 amide bonds. The van der Waals surface area contributed by atoms with Crippen LogP contribution in [0.3, 0.4) is 0 Å². The topological polar surface area (TPSA) is 84.7 Å². The van der Waals surface area contributed by atoms with Crippen LogP contribution in [0.15, 0.2) is 54.1 Å². The number of rotatable bonds is 5. The molecule has 2 aliphatic rings. The number of aliphatic carboxylic acids is 1. The summed E-state index contributed by atoms with van der Waals surface area (Å²) in [4.78, 5) is 30.9. The van der Waals surface area contributed by atoms with Crippen molar-refractivity contribution < 1.29 is 19.4 Å². The molecule has 1 aliphatic heterocycles. The highest BCUT2D eigenvalue weighted by molar-refractivity contribution is 5.87. The lowest BCUT2D eigenvalue weighted by Crippen LogP contribution is -2.35. The predicted molar refractivity (Wildman–Crippen MR) is 133 cm³/mol. The fraction of sp³-hybridized carbons (Fsp3) is 0.393. The number of amides is 1. The Morgan fingerprint density at radius 1 is 1.17 bits per heavy atom. The van der Waals surface area contributed by atoms with Crippen molar-refractivity contribution >= 4 is 23.1 Å². The minimum Gasteiger partial charge on any atom is -0.478 e. The normalized spacial score (nSPS) is 18.6. The molecule has 0 unspecified atom stereocenters. The molecule has 35 heavy (non-hydrogen) atoms. The molecule has 182 valence electrons. The summed E-state index contributed by atoms with van der Waals surface area (Å²) < 4.78 is 7.28. The molecular formula is C28H31N3O4. The lowest BCUT2D eigenvalue weighted by atomic mass is 9.89. The van der Waals surface area contributed by atoms with Crippen molar-refractivity contribution in [1.29, 1.82) is 0 Å². The lowest BCUT2D eigenvalue weighted by molar-refractivity contribution is -0.132. The summed E-state index contributed by atoms with van der Waals surface area (Å²) in [5.74, 6) is 0.00249. The summed E-state index contributed by atoms with van der Waals surface area (Å²) in [6.45, 7) is 3.28. The highest BCUT2D eigenvalue weighted by Gasteiger charge is 2.29. The van der Waals surface area contributed by atoms with Gasteiger partial charge >= 0.3 is 12.1 Å². The fourth-order valence-electron chi connectivity index (χ4n) is 5.57. The van der Waals surface area contributed by atoms with Crippen LogP contribution in [0.25, 0.3) is 11.0 Å². The summed E-state index contributed by atoms with van der Waals surface area (Å²) >= 11 is 0. The minimum absolute atomic E-state index is 0.0589. The maximum Gasteiger partial charge on any atom is 0.409 e. The second-order valence-electron chi connectivity index (χ2n) is 9.59. The Morgan fingerprint density at radius 2 is 1.97 bits per heavy atom. The van der Waals surface area contributed by atoms with E-state index in [2.05, 4.69) is 47.9 Å². The van der Waals surface area contributed by atoms with Gasteiger partial charge in [-0.1, -0.05) is 42.5 Å². The van der Waals surface area contributed by atoms with E-state index in [1.807, 2.05) is 12.1 Å². The van der Waals surface area contributed by atoms with Gasteiger partial charge in [0.05, 0.1) is 24.7 Å². The van der Waals surface area contributed by atoms with Crippen LogP contribution in [0.4, 0.5) is 4.79 Å². The second-order valence-corrected chi connectivity index (χ2v) is 9.59. The molecule has 2 heterocycles. The molecule has 7 heteroatoms. The number of ether oxygens (including phenoxy) is 1. The van der Waals surface area contributed by atoms with E-state index in [1.54, 1.807) is 4.90 Å². The van der Waals surface area contributed by atoms with Crippen molar-refractivity contribution in [2.24, 2.45) is 0 Å². The Balaban J connectivity index is 1.64. The summed E-state index contributed by atoms with van der Waals surface area (Å²) in [5.41, 5.74) is 5.91. The number of benzene rings is 2. The average Bonchev–Trinajstić information content (AvgIpc) is 3.29. The Labute approximate surface area is 205 Å². The Hall–Kier alpha value is -3.61. The fourth-order valence-corrected chi connectivity index (χ4v) is 5.57. The quantitative estimate of drug-likeness (QED) is 0.548. The van der Waals surface area contributed by atoms with Gasteiger partial charge in [-0.25, -0.2) is 14.6 Å². The number of hydrogen-bond acceptors (Lipinski definition) is 4. The SMILES string of the molecule is COC(=O)N1CCc2ccc3c(nc([C@@H]4C=C(C(=O)O)CCC4)n3[C@H](C)Cc3ccccc3)c2C1. The first-order chi connectivity index (χ1) is 17.0. The maximum atomic E-state index is 12.3. The van der Waals surface area contributed by atoms with Crippen LogP contribution in [0.1, 0.15) is 60.7 Å². The van der Waals surface area contributed by atoms with Crippen LogP contribution in [0.5, 0.6) is 0 Å². The number of allylic oxidation sites excluding steroid dienone is 1. The minimum atomic E-state index is -0.846. The molecule has 0 saturated carbocycles. The molecule has 2 aromatic carbocycles. The van der Waals surface area contributed by atoms with Crippen molar-refractivity contribution in [2.75, 3.05) is 13.7 Å². The van der Waals surface area contributed by atoms with E-state index in [9.17, 15) is 14.7 Å².